The molecular formula is C21H24N2O4. The molecule has 0 radical (unpaired) electrons. The Balaban J connectivity index is 0.00000126. The van der Waals surface area contributed by atoms with Crippen molar-refractivity contribution >= 4 is 11.8 Å². The van der Waals surface area contributed by atoms with Crippen LogP contribution in [-0.4, -0.2) is 35.4 Å². The highest BCUT2D eigenvalue weighted by Gasteiger charge is 2.31. The van der Waals surface area contributed by atoms with E-state index in [9.17, 15) is 14.7 Å². The lowest BCUT2D eigenvalue weighted by Gasteiger charge is -2.12. The Morgan fingerprint density at radius 2 is 1.74 bits per heavy atom. The fourth-order valence-corrected chi connectivity index (χ4v) is 2.52. The topological polar surface area (TPSA) is 78.9 Å². The van der Waals surface area contributed by atoms with Crippen molar-refractivity contribution in [1.82, 2.24) is 10.2 Å². The van der Waals surface area contributed by atoms with Gasteiger partial charge in [-0.1, -0.05) is 50.2 Å². The van der Waals surface area contributed by atoms with Crippen LogP contribution in [0.1, 0.15) is 19.4 Å². The van der Waals surface area contributed by atoms with Crippen LogP contribution in [0.5, 0.6) is 11.5 Å². The van der Waals surface area contributed by atoms with Crippen LogP contribution in [0.4, 0.5) is 0 Å². The molecular weight excluding hydrogens is 344 g/mol. The van der Waals surface area contributed by atoms with E-state index in [-0.39, 0.29) is 18.7 Å². The van der Waals surface area contributed by atoms with Gasteiger partial charge in [0.05, 0.1) is 12.1 Å². The Hall–Kier alpha value is -3.28. The van der Waals surface area contributed by atoms with Crippen LogP contribution >= 0.6 is 0 Å². The van der Waals surface area contributed by atoms with Crippen LogP contribution in [0.15, 0.2) is 65.9 Å². The molecule has 2 amide bonds. The number of hydrogen-bond donors (Lipinski definition) is 2. The van der Waals surface area contributed by atoms with Gasteiger partial charge in [0.1, 0.15) is 11.5 Å². The second kappa shape index (κ2) is 9.43. The second-order valence-corrected chi connectivity index (χ2v) is 5.69. The van der Waals surface area contributed by atoms with Crippen molar-refractivity contribution in [2.24, 2.45) is 0 Å². The van der Waals surface area contributed by atoms with Crippen LogP contribution < -0.4 is 10.1 Å². The lowest BCUT2D eigenvalue weighted by molar-refractivity contribution is -0.126. The summed E-state index contributed by atoms with van der Waals surface area (Å²) >= 11 is 0. The third-order valence-electron chi connectivity index (χ3n) is 3.89. The number of rotatable bonds is 5. The van der Waals surface area contributed by atoms with E-state index in [4.69, 9.17) is 4.74 Å². The molecule has 0 aromatic heterocycles. The van der Waals surface area contributed by atoms with Crippen LogP contribution in [0.3, 0.4) is 0 Å². The molecule has 0 bridgehead atoms. The van der Waals surface area contributed by atoms with Crippen LogP contribution in [0.25, 0.3) is 0 Å². The number of ether oxygens (including phenoxy) is 1. The highest BCUT2D eigenvalue weighted by atomic mass is 16.5. The van der Waals surface area contributed by atoms with Crippen LogP contribution in [0.2, 0.25) is 0 Å². The number of likely N-dealkylation sites (N-methyl/N-ethyl adjacent to an activating group) is 1. The standard InChI is InChI=1S/C19H18N2O4.C2H6/c1-21-12-15(17(22)19(21)24)18(23)20-11-13-7-5-6-10-16(13)25-14-8-3-2-4-9-14;1-2/h2-10,22H,11-12H2,1H3,(H,20,23);1-2H3. The van der Waals surface area contributed by atoms with Crippen molar-refractivity contribution in [1.29, 1.82) is 0 Å². The molecule has 0 unspecified atom stereocenters. The van der Waals surface area contributed by atoms with Crippen molar-refractivity contribution in [2.45, 2.75) is 20.4 Å². The number of carbonyl (C=O) groups is 2. The Labute approximate surface area is 159 Å². The molecule has 1 aliphatic heterocycles. The lowest BCUT2D eigenvalue weighted by atomic mass is 10.2. The predicted octanol–water partition coefficient (Wildman–Crippen LogP) is 3.41. The van der Waals surface area contributed by atoms with Crippen molar-refractivity contribution in [3.8, 4) is 11.5 Å². The van der Waals surface area contributed by atoms with E-state index in [2.05, 4.69) is 5.32 Å². The Morgan fingerprint density at radius 1 is 1.11 bits per heavy atom. The maximum absolute atomic E-state index is 12.2. The molecule has 2 aromatic rings. The molecule has 2 N–H and O–H groups in total. The summed E-state index contributed by atoms with van der Waals surface area (Å²) < 4.78 is 5.85. The minimum absolute atomic E-state index is 0.0777. The number of nitrogens with zero attached hydrogens (tertiary/aromatic N) is 1. The average Bonchev–Trinajstić information content (AvgIpc) is 2.97. The second-order valence-electron chi connectivity index (χ2n) is 5.69. The molecule has 1 aliphatic rings. The first-order chi connectivity index (χ1) is 13.1. The zero-order valence-corrected chi connectivity index (χ0v) is 15.7. The van der Waals surface area contributed by atoms with Gasteiger partial charge in [-0.05, 0) is 18.2 Å². The van der Waals surface area contributed by atoms with Gasteiger partial charge in [0.15, 0.2) is 5.76 Å². The third-order valence-corrected chi connectivity index (χ3v) is 3.89. The third kappa shape index (κ3) is 4.88. The van der Waals surface area contributed by atoms with E-state index in [1.807, 2.05) is 68.4 Å². The van der Waals surface area contributed by atoms with Gasteiger partial charge in [-0.25, -0.2) is 0 Å². The van der Waals surface area contributed by atoms with E-state index < -0.39 is 17.6 Å². The molecule has 2 aromatic carbocycles. The number of para-hydroxylation sites is 2. The van der Waals surface area contributed by atoms with Gasteiger partial charge in [-0.3, -0.25) is 9.59 Å². The molecule has 0 saturated heterocycles. The first kappa shape index (κ1) is 20.0. The van der Waals surface area contributed by atoms with Crippen LogP contribution in [0, 0.1) is 0 Å². The summed E-state index contributed by atoms with van der Waals surface area (Å²) in [7, 11) is 1.53. The van der Waals surface area contributed by atoms with Gasteiger partial charge in [0.2, 0.25) is 0 Å². The van der Waals surface area contributed by atoms with E-state index in [0.29, 0.717) is 11.5 Å². The summed E-state index contributed by atoms with van der Waals surface area (Å²) in [6, 6.07) is 16.7. The number of carbonyl (C=O) groups excluding carboxylic acids is 2. The first-order valence-corrected chi connectivity index (χ1v) is 8.83. The summed E-state index contributed by atoms with van der Waals surface area (Å²) in [6.07, 6.45) is 0. The average molecular weight is 368 g/mol. The van der Waals surface area contributed by atoms with Crippen molar-refractivity contribution < 1.29 is 19.4 Å². The minimum Gasteiger partial charge on any atom is -0.503 e. The number of aliphatic hydroxyl groups is 1. The number of nitrogens with one attached hydrogen (secondary N) is 1. The first-order valence-electron chi connectivity index (χ1n) is 8.83. The van der Waals surface area contributed by atoms with Gasteiger partial charge in [0.25, 0.3) is 11.8 Å². The van der Waals surface area contributed by atoms with Crippen molar-refractivity contribution in [3.05, 3.63) is 71.5 Å². The number of amides is 2. The van der Waals surface area contributed by atoms with Gasteiger partial charge in [-0.15, -0.1) is 0 Å². The SMILES string of the molecule is CC.CN1CC(C(=O)NCc2ccccc2Oc2ccccc2)=C(O)C1=O. The van der Waals surface area contributed by atoms with E-state index in [1.54, 1.807) is 0 Å². The molecule has 1 heterocycles. The van der Waals surface area contributed by atoms with Crippen molar-refractivity contribution in [2.75, 3.05) is 13.6 Å². The Bertz CT molecular complexity index is 831. The number of aliphatic hydroxyl groups excluding tert-OH is 1. The monoisotopic (exact) mass is 368 g/mol. The highest BCUT2D eigenvalue weighted by molar-refractivity contribution is 6.06. The predicted molar refractivity (Wildman–Crippen MR) is 103 cm³/mol. The lowest BCUT2D eigenvalue weighted by Crippen LogP contribution is -2.28. The summed E-state index contributed by atoms with van der Waals surface area (Å²) in [5.41, 5.74) is 0.867. The molecule has 6 nitrogen and oxygen atoms in total. The summed E-state index contributed by atoms with van der Waals surface area (Å²) in [6.45, 7) is 4.31. The highest BCUT2D eigenvalue weighted by Crippen LogP contribution is 2.25. The molecule has 0 spiro atoms. The molecule has 0 fully saturated rings. The Kier molecular flexibility index (Phi) is 7.00. The van der Waals surface area contributed by atoms with Crippen molar-refractivity contribution in [3.63, 3.8) is 0 Å². The zero-order valence-electron chi connectivity index (χ0n) is 15.7. The van der Waals surface area contributed by atoms with Gasteiger partial charge >= 0.3 is 0 Å². The maximum atomic E-state index is 12.2. The summed E-state index contributed by atoms with van der Waals surface area (Å²) in [5, 5.41) is 12.5. The fraction of sp³-hybridized carbons (Fsp3) is 0.238. The molecule has 0 atom stereocenters. The van der Waals surface area contributed by atoms with E-state index in [0.717, 1.165) is 5.56 Å². The minimum atomic E-state index is -0.544. The smallest absolute Gasteiger partial charge is 0.289 e. The summed E-state index contributed by atoms with van der Waals surface area (Å²) in [4.78, 5) is 25.1. The molecule has 0 aliphatic carbocycles. The van der Waals surface area contributed by atoms with E-state index >= 15 is 0 Å². The number of hydrogen-bond acceptors (Lipinski definition) is 4. The van der Waals surface area contributed by atoms with Gasteiger partial charge < -0.3 is 20.1 Å². The quantitative estimate of drug-likeness (QED) is 0.848. The largest absolute Gasteiger partial charge is 0.503 e. The van der Waals surface area contributed by atoms with Crippen LogP contribution in [-0.2, 0) is 16.1 Å². The van der Waals surface area contributed by atoms with E-state index in [1.165, 1.54) is 11.9 Å². The van der Waals surface area contributed by atoms with Gasteiger partial charge in [-0.2, -0.15) is 0 Å². The molecule has 142 valence electrons. The molecule has 3 rings (SSSR count). The fourth-order valence-electron chi connectivity index (χ4n) is 2.52. The summed E-state index contributed by atoms with van der Waals surface area (Å²) in [5.74, 6) is -0.173. The Morgan fingerprint density at radius 3 is 2.37 bits per heavy atom. The molecule has 6 heteroatoms. The van der Waals surface area contributed by atoms with Gasteiger partial charge in [0, 0.05) is 19.2 Å². The molecule has 0 saturated carbocycles. The number of benzene rings is 2. The molecule has 27 heavy (non-hydrogen) atoms. The zero-order chi connectivity index (χ0) is 19.8. The normalized spacial score (nSPS) is 13.1. The maximum Gasteiger partial charge on any atom is 0.289 e.